The monoisotopic (exact) mass is 384 g/mol. The molecule has 1 aromatic carbocycles. The summed E-state index contributed by atoms with van der Waals surface area (Å²) in [6.45, 7) is 3.47. The summed E-state index contributed by atoms with van der Waals surface area (Å²) in [5, 5.41) is 19.6. The lowest BCUT2D eigenvalue weighted by Gasteiger charge is -2.25. The SMILES string of the molecule is COc1cc(Cl)c(CN2C[C@H]3CN(CCO)C[C@@]3(C(=O)O)C2)cc1OC. The molecule has 2 heterocycles. The van der Waals surface area contributed by atoms with Crippen molar-refractivity contribution in [1.82, 2.24) is 9.80 Å². The summed E-state index contributed by atoms with van der Waals surface area (Å²) >= 11 is 6.38. The summed E-state index contributed by atoms with van der Waals surface area (Å²) in [6.07, 6.45) is 0. The van der Waals surface area contributed by atoms with E-state index >= 15 is 0 Å². The number of ether oxygens (including phenoxy) is 2. The van der Waals surface area contributed by atoms with E-state index in [4.69, 9.17) is 26.2 Å². The summed E-state index contributed by atoms with van der Waals surface area (Å²) in [5.74, 6) is 0.462. The predicted octanol–water partition coefficient (Wildman–Crippen LogP) is 1.17. The van der Waals surface area contributed by atoms with Crippen molar-refractivity contribution in [3.8, 4) is 11.5 Å². The molecule has 2 aliphatic rings. The zero-order chi connectivity index (χ0) is 18.9. The van der Waals surface area contributed by atoms with E-state index in [-0.39, 0.29) is 12.5 Å². The largest absolute Gasteiger partial charge is 0.493 e. The lowest BCUT2D eigenvalue weighted by atomic mass is 9.81. The van der Waals surface area contributed by atoms with Gasteiger partial charge in [-0.1, -0.05) is 11.6 Å². The van der Waals surface area contributed by atoms with Crippen LogP contribution in [0.4, 0.5) is 0 Å². The van der Waals surface area contributed by atoms with Crippen LogP contribution in [0.1, 0.15) is 5.56 Å². The predicted molar refractivity (Wildman–Crippen MR) is 96.9 cm³/mol. The average molecular weight is 385 g/mol. The van der Waals surface area contributed by atoms with E-state index in [9.17, 15) is 9.90 Å². The van der Waals surface area contributed by atoms with Gasteiger partial charge >= 0.3 is 5.97 Å². The quantitative estimate of drug-likeness (QED) is 0.730. The maximum absolute atomic E-state index is 12.0. The number of carboxylic acids is 1. The normalized spacial score (nSPS) is 26.1. The van der Waals surface area contributed by atoms with Crippen molar-refractivity contribution in [2.24, 2.45) is 11.3 Å². The molecule has 26 heavy (non-hydrogen) atoms. The number of halogens is 1. The second-order valence-corrected chi connectivity index (χ2v) is 7.49. The number of aliphatic hydroxyl groups excluding tert-OH is 1. The van der Waals surface area contributed by atoms with Crippen molar-refractivity contribution in [2.45, 2.75) is 6.54 Å². The van der Waals surface area contributed by atoms with Crippen LogP contribution in [0.15, 0.2) is 12.1 Å². The highest BCUT2D eigenvalue weighted by atomic mass is 35.5. The van der Waals surface area contributed by atoms with Gasteiger partial charge in [0.1, 0.15) is 0 Å². The Hall–Kier alpha value is -1.54. The molecule has 0 unspecified atom stereocenters. The average Bonchev–Trinajstić information content (AvgIpc) is 3.11. The Morgan fingerprint density at radius 2 is 1.85 bits per heavy atom. The second-order valence-electron chi connectivity index (χ2n) is 7.09. The van der Waals surface area contributed by atoms with Crippen molar-refractivity contribution < 1.29 is 24.5 Å². The van der Waals surface area contributed by atoms with Gasteiger partial charge in [-0.2, -0.15) is 0 Å². The molecule has 0 aromatic heterocycles. The summed E-state index contributed by atoms with van der Waals surface area (Å²) in [5.41, 5.74) is 0.107. The van der Waals surface area contributed by atoms with Crippen LogP contribution in [0.2, 0.25) is 5.02 Å². The molecular weight excluding hydrogens is 360 g/mol. The number of hydrogen-bond acceptors (Lipinski definition) is 6. The minimum Gasteiger partial charge on any atom is -0.493 e. The minimum absolute atomic E-state index is 0.0467. The lowest BCUT2D eigenvalue weighted by molar-refractivity contribution is -0.149. The molecule has 3 rings (SSSR count). The molecule has 0 radical (unpaired) electrons. The van der Waals surface area contributed by atoms with Crippen LogP contribution in [0.3, 0.4) is 0 Å². The van der Waals surface area contributed by atoms with Crippen molar-refractivity contribution in [1.29, 1.82) is 0 Å². The molecule has 0 aliphatic carbocycles. The van der Waals surface area contributed by atoms with Crippen LogP contribution in [0.25, 0.3) is 0 Å². The number of nitrogens with zero attached hydrogens (tertiary/aromatic N) is 2. The highest BCUT2D eigenvalue weighted by Gasteiger charge is 2.57. The van der Waals surface area contributed by atoms with Gasteiger partial charge < -0.3 is 19.7 Å². The van der Waals surface area contributed by atoms with Gasteiger partial charge in [-0.15, -0.1) is 0 Å². The minimum atomic E-state index is -0.780. The van der Waals surface area contributed by atoms with E-state index in [1.165, 1.54) is 0 Å². The van der Waals surface area contributed by atoms with Gasteiger partial charge in [0.15, 0.2) is 11.5 Å². The number of aliphatic carboxylic acids is 1. The topological polar surface area (TPSA) is 82.5 Å². The van der Waals surface area contributed by atoms with Crippen LogP contribution < -0.4 is 9.47 Å². The second kappa shape index (κ2) is 7.60. The zero-order valence-electron chi connectivity index (χ0n) is 15.1. The molecule has 7 nitrogen and oxygen atoms in total. The molecule has 2 atom stereocenters. The van der Waals surface area contributed by atoms with Crippen LogP contribution in [-0.4, -0.2) is 79.5 Å². The molecule has 2 saturated heterocycles. The lowest BCUT2D eigenvalue weighted by Crippen LogP contribution is -2.41. The van der Waals surface area contributed by atoms with Crippen molar-refractivity contribution in [3.05, 3.63) is 22.7 Å². The van der Waals surface area contributed by atoms with Crippen LogP contribution in [-0.2, 0) is 11.3 Å². The van der Waals surface area contributed by atoms with E-state index < -0.39 is 11.4 Å². The van der Waals surface area contributed by atoms with E-state index in [0.29, 0.717) is 55.8 Å². The van der Waals surface area contributed by atoms with Crippen LogP contribution >= 0.6 is 11.6 Å². The van der Waals surface area contributed by atoms with Crippen LogP contribution in [0, 0.1) is 11.3 Å². The van der Waals surface area contributed by atoms with Gasteiger partial charge in [0.25, 0.3) is 0 Å². The first-order chi connectivity index (χ1) is 12.4. The van der Waals surface area contributed by atoms with Gasteiger partial charge in [0.2, 0.25) is 0 Å². The summed E-state index contributed by atoms with van der Waals surface area (Å²) in [7, 11) is 3.13. The molecule has 8 heteroatoms. The molecule has 0 amide bonds. The Bertz CT molecular complexity index is 686. The molecule has 0 spiro atoms. The molecule has 2 aliphatic heterocycles. The standard InChI is InChI=1S/C18H25ClN2O5/c1-25-15-5-12(14(19)6-16(15)26-2)7-21-9-13-8-20(3-4-22)10-18(13,11-21)17(23)24/h5-6,13,22H,3-4,7-11H2,1-2H3,(H,23,24)/t13-,18-/m1/s1. The number of aliphatic hydroxyl groups is 1. The van der Waals surface area contributed by atoms with Gasteiger partial charge in [0, 0.05) is 56.3 Å². The van der Waals surface area contributed by atoms with Gasteiger partial charge in [-0.3, -0.25) is 14.6 Å². The molecule has 0 bridgehead atoms. The van der Waals surface area contributed by atoms with E-state index in [1.54, 1.807) is 20.3 Å². The smallest absolute Gasteiger partial charge is 0.312 e. The van der Waals surface area contributed by atoms with E-state index in [2.05, 4.69) is 4.90 Å². The number of rotatable bonds is 7. The van der Waals surface area contributed by atoms with E-state index in [0.717, 1.165) is 5.56 Å². The van der Waals surface area contributed by atoms with Crippen molar-refractivity contribution >= 4 is 17.6 Å². The molecule has 2 fully saturated rings. The number of carbonyl (C=O) groups is 1. The Balaban J connectivity index is 1.77. The first-order valence-corrected chi connectivity index (χ1v) is 9.00. The molecular formula is C18H25ClN2O5. The molecule has 2 N–H and O–H groups in total. The highest BCUT2D eigenvalue weighted by molar-refractivity contribution is 6.31. The molecule has 144 valence electrons. The van der Waals surface area contributed by atoms with Gasteiger partial charge in [-0.05, 0) is 11.6 Å². The number of β-amino-alcohol motifs (C(OH)–C–C–N with tert-alkyl or cyclic N) is 1. The number of fused-ring (bicyclic) bond motifs is 1. The number of likely N-dealkylation sites (tertiary alicyclic amines) is 2. The van der Waals surface area contributed by atoms with Crippen molar-refractivity contribution in [3.63, 3.8) is 0 Å². The van der Waals surface area contributed by atoms with Gasteiger partial charge in [0.05, 0.1) is 26.2 Å². The number of hydrogen-bond donors (Lipinski definition) is 2. The fourth-order valence-electron chi connectivity index (χ4n) is 4.27. The Kier molecular flexibility index (Phi) is 5.62. The van der Waals surface area contributed by atoms with Crippen LogP contribution in [0.5, 0.6) is 11.5 Å². The Labute approximate surface area is 158 Å². The number of methoxy groups -OCH3 is 2. The maximum Gasteiger partial charge on any atom is 0.312 e. The molecule has 0 saturated carbocycles. The van der Waals surface area contributed by atoms with Crippen molar-refractivity contribution in [2.75, 3.05) is 53.6 Å². The third kappa shape index (κ3) is 3.36. The highest BCUT2D eigenvalue weighted by Crippen LogP contribution is 2.44. The third-order valence-electron chi connectivity index (χ3n) is 5.54. The fourth-order valence-corrected chi connectivity index (χ4v) is 4.48. The Morgan fingerprint density at radius 3 is 2.42 bits per heavy atom. The first kappa shape index (κ1) is 19.2. The number of benzene rings is 1. The zero-order valence-corrected chi connectivity index (χ0v) is 15.8. The fraction of sp³-hybridized carbons (Fsp3) is 0.611. The summed E-state index contributed by atoms with van der Waals surface area (Å²) in [6, 6.07) is 3.57. The Morgan fingerprint density at radius 1 is 1.23 bits per heavy atom. The number of carboxylic acid groups (broad SMARTS) is 1. The summed E-state index contributed by atoms with van der Waals surface area (Å²) in [4.78, 5) is 16.2. The molecule has 1 aromatic rings. The maximum atomic E-state index is 12.0. The van der Waals surface area contributed by atoms with Gasteiger partial charge in [-0.25, -0.2) is 0 Å². The summed E-state index contributed by atoms with van der Waals surface area (Å²) < 4.78 is 10.6. The first-order valence-electron chi connectivity index (χ1n) is 8.63. The van der Waals surface area contributed by atoms with E-state index in [1.807, 2.05) is 11.0 Å². The third-order valence-corrected chi connectivity index (χ3v) is 5.89.